The summed E-state index contributed by atoms with van der Waals surface area (Å²) in [6, 6.07) is 0. The number of methoxy groups -OCH3 is 1. The van der Waals surface area contributed by atoms with Gasteiger partial charge in [0.1, 0.15) is 0 Å². The highest BCUT2D eigenvalue weighted by Crippen LogP contribution is 1.89. The Balaban J connectivity index is 3.11. The van der Waals surface area contributed by atoms with Crippen molar-refractivity contribution in [3.8, 4) is 0 Å². The van der Waals surface area contributed by atoms with Gasteiger partial charge in [0.2, 0.25) is 0 Å². The summed E-state index contributed by atoms with van der Waals surface area (Å²) in [6.07, 6.45) is -0.229. The van der Waals surface area contributed by atoms with Crippen LogP contribution in [0.2, 0.25) is 0 Å². The van der Waals surface area contributed by atoms with Crippen LogP contribution in [-0.4, -0.2) is 62.3 Å². The lowest BCUT2D eigenvalue weighted by atomic mass is 10.2. The molecule has 6 nitrogen and oxygen atoms in total. The van der Waals surface area contributed by atoms with Gasteiger partial charge in [-0.25, -0.2) is 0 Å². The molecule has 1 unspecified atom stereocenters. The summed E-state index contributed by atoms with van der Waals surface area (Å²) >= 11 is 0. The predicted molar refractivity (Wildman–Crippen MR) is 58.4 cm³/mol. The van der Waals surface area contributed by atoms with Crippen LogP contribution in [0.4, 0.5) is 0 Å². The van der Waals surface area contributed by atoms with Crippen LogP contribution < -0.4 is 5.32 Å². The predicted octanol–water partition coefficient (Wildman–Crippen LogP) is -0.535. The standard InChI is InChI=1S/C10H21NO5/c1-15-5-6-16-4-2-3-11-8-9(12)7-10(13)14/h9,11-12H,2-8H2,1H3,(H,13,14). The van der Waals surface area contributed by atoms with Gasteiger partial charge in [-0.2, -0.15) is 0 Å². The molecule has 0 aliphatic rings. The lowest BCUT2D eigenvalue weighted by Crippen LogP contribution is -2.29. The van der Waals surface area contributed by atoms with E-state index in [0.717, 1.165) is 6.42 Å². The number of rotatable bonds is 11. The van der Waals surface area contributed by atoms with E-state index in [4.69, 9.17) is 14.6 Å². The first-order chi connectivity index (χ1) is 7.66. The topological polar surface area (TPSA) is 88.0 Å². The maximum absolute atomic E-state index is 10.2. The lowest BCUT2D eigenvalue weighted by molar-refractivity contribution is -0.139. The summed E-state index contributed by atoms with van der Waals surface area (Å²) in [5.74, 6) is -0.989. The van der Waals surface area contributed by atoms with Crippen molar-refractivity contribution in [2.75, 3.05) is 40.0 Å². The molecule has 6 heteroatoms. The molecule has 96 valence electrons. The molecular weight excluding hydrogens is 214 g/mol. The van der Waals surface area contributed by atoms with E-state index in [-0.39, 0.29) is 6.42 Å². The zero-order valence-corrected chi connectivity index (χ0v) is 9.65. The van der Waals surface area contributed by atoms with Gasteiger partial charge >= 0.3 is 5.97 Å². The molecule has 0 aromatic carbocycles. The molecule has 16 heavy (non-hydrogen) atoms. The third kappa shape index (κ3) is 11.4. The van der Waals surface area contributed by atoms with E-state index in [2.05, 4.69) is 5.32 Å². The quantitative estimate of drug-likeness (QED) is 0.417. The zero-order valence-electron chi connectivity index (χ0n) is 9.65. The zero-order chi connectivity index (χ0) is 12.2. The molecule has 0 saturated carbocycles. The summed E-state index contributed by atoms with van der Waals surface area (Å²) in [5, 5.41) is 20.5. The highest BCUT2D eigenvalue weighted by molar-refractivity contribution is 5.67. The summed E-state index contributed by atoms with van der Waals surface area (Å²) < 4.78 is 10.0. The SMILES string of the molecule is COCCOCCCNCC(O)CC(=O)O. The number of carbonyl (C=O) groups is 1. The van der Waals surface area contributed by atoms with Crippen LogP contribution in [0, 0.1) is 0 Å². The Kier molecular flexibility index (Phi) is 10.3. The molecule has 0 aliphatic heterocycles. The first-order valence-electron chi connectivity index (χ1n) is 5.34. The van der Waals surface area contributed by atoms with Crippen LogP contribution in [0.3, 0.4) is 0 Å². The van der Waals surface area contributed by atoms with Crippen LogP contribution in [0.1, 0.15) is 12.8 Å². The number of hydrogen-bond acceptors (Lipinski definition) is 5. The first-order valence-corrected chi connectivity index (χ1v) is 5.34. The van der Waals surface area contributed by atoms with E-state index >= 15 is 0 Å². The van der Waals surface area contributed by atoms with E-state index in [0.29, 0.717) is 32.9 Å². The van der Waals surface area contributed by atoms with Crippen LogP contribution in [0.5, 0.6) is 0 Å². The van der Waals surface area contributed by atoms with E-state index in [9.17, 15) is 9.90 Å². The lowest BCUT2D eigenvalue weighted by Gasteiger charge is -2.09. The summed E-state index contributed by atoms with van der Waals surface area (Å²) in [6.45, 7) is 2.79. The van der Waals surface area contributed by atoms with Crippen molar-refractivity contribution in [3.05, 3.63) is 0 Å². The maximum atomic E-state index is 10.2. The number of aliphatic hydroxyl groups excluding tert-OH is 1. The van der Waals surface area contributed by atoms with Gasteiger partial charge in [0.15, 0.2) is 0 Å². The van der Waals surface area contributed by atoms with Crippen molar-refractivity contribution in [1.82, 2.24) is 5.32 Å². The number of nitrogens with one attached hydrogen (secondary N) is 1. The number of hydrogen-bond donors (Lipinski definition) is 3. The fourth-order valence-corrected chi connectivity index (χ4v) is 1.09. The molecule has 0 rings (SSSR count). The van der Waals surface area contributed by atoms with Crippen molar-refractivity contribution in [3.63, 3.8) is 0 Å². The molecule has 3 N–H and O–H groups in total. The third-order valence-electron chi connectivity index (χ3n) is 1.86. The van der Waals surface area contributed by atoms with E-state index in [1.807, 2.05) is 0 Å². The molecule has 0 bridgehead atoms. The minimum Gasteiger partial charge on any atom is -0.481 e. The molecule has 0 saturated heterocycles. The molecule has 0 heterocycles. The van der Waals surface area contributed by atoms with Gasteiger partial charge in [0.25, 0.3) is 0 Å². The number of aliphatic carboxylic acids is 1. The molecule has 0 aliphatic carbocycles. The molecule has 0 aromatic heterocycles. The normalized spacial score (nSPS) is 12.6. The van der Waals surface area contributed by atoms with Gasteiger partial charge in [-0.15, -0.1) is 0 Å². The minimum absolute atomic E-state index is 0.225. The van der Waals surface area contributed by atoms with Gasteiger partial charge in [-0.3, -0.25) is 4.79 Å². The molecule has 0 aromatic rings. The number of carboxylic acid groups (broad SMARTS) is 1. The van der Waals surface area contributed by atoms with Crippen molar-refractivity contribution >= 4 is 5.97 Å². The molecular formula is C10H21NO5. The second-order valence-electron chi connectivity index (χ2n) is 3.41. The van der Waals surface area contributed by atoms with Crippen molar-refractivity contribution in [2.24, 2.45) is 0 Å². The largest absolute Gasteiger partial charge is 0.481 e. The summed E-state index contributed by atoms with van der Waals surface area (Å²) in [7, 11) is 1.62. The highest BCUT2D eigenvalue weighted by Gasteiger charge is 2.07. The minimum atomic E-state index is -0.989. The Bertz CT molecular complexity index is 177. The van der Waals surface area contributed by atoms with Crippen LogP contribution in [-0.2, 0) is 14.3 Å². The van der Waals surface area contributed by atoms with Gasteiger partial charge < -0.3 is 25.0 Å². The maximum Gasteiger partial charge on any atom is 0.306 e. The second-order valence-corrected chi connectivity index (χ2v) is 3.41. The van der Waals surface area contributed by atoms with Crippen molar-refractivity contribution in [1.29, 1.82) is 0 Å². The average Bonchev–Trinajstić information content (AvgIpc) is 2.21. The number of aliphatic hydroxyl groups is 1. The molecule has 1 atom stereocenters. The van der Waals surface area contributed by atoms with E-state index in [1.165, 1.54) is 0 Å². The Labute approximate surface area is 95.6 Å². The smallest absolute Gasteiger partial charge is 0.306 e. The Morgan fingerprint density at radius 3 is 2.75 bits per heavy atom. The molecule has 0 amide bonds. The van der Waals surface area contributed by atoms with Crippen LogP contribution in [0.25, 0.3) is 0 Å². The van der Waals surface area contributed by atoms with Crippen LogP contribution in [0.15, 0.2) is 0 Å². The summed E-state index contributed by atoms with van der Waals surface area (Å²) in [4.78, 5) is 10.2. The van der Waals surface area contributed by atoms with E-state index in [1.54, 1.807) is 7.11 Å². The average molecular weight is 235 g/mol. The number of ether oxygens (including phenoxy) is 2. The fourth-order valence-electron chi connectivity index (χ4n) is 1.09. The molecule has 0 radical (unpaired) electrons. The monoisotopic (exact) mass is 235 g/mol. The second kappa shape index (κ2) is 10.8. The van der Waals surface area contributed by atoms with Crippen molar-refractivity contribution in [2.45, 2.75) is 18.9 Å². The fraction of sp³-hybridized carbons (Fsp3) is 0.900. The highest BCUT2D eigenvalue weighted by atomic mass is 16.5. The number of carboxylic acids is 1. The van der Waals surface area contributed by atoms with E-state index < -0.39 is 12.1 Å². The third-order valence-corrected chi connectivity index (χ3v) is 1.86. The van der Waals surface area contributed by atoms with Gasteiger partial charge in [0, 0.05) is 20.3 Å². The van der Waals surface area contributed by atoms with Gasteiger partial charge in [0.05, 0.1) is 25.7 Å². The Morgan fingerprint density at radius 2 is 2.12 bits per heavy atom. The Hall–Kier alpha value is -0.690. The molecule has 0 fully saturated rings. The van der Waals surface area contributed by atoms with Crippen LogP contribution >= 0.6 is 0 Å². The molecule has 0 spiro atoms. The Morgan fingerprint density at radius 1 is 1.38 bits per heavy atom. The first kappa shape index (κ1) is 15.3. The summed E-state index contributed by atoms with van der Waals surface area (Å²) in [5.41, 5.74) is 0. The van der Waals surface area contributed by atoms with Gasteiger partial charge in [-0.1, -0.05) is 0 Å². The van der Waals surface area contributed by atoms with Gasteiger partial charge in [-0.05, 0) is 13.0 Å². The van der Waals surface area contributed by atoms with Crippen molar-refractivity contribution < 1.29 is 24.5 Å².